The molecular formula is C50H59FN8O8S. The second kappa shape index (κ2) is 18.2. The number of piperidine rings is 1. The van der Waals surface area contributed by atoms with Crippen LogP contribution >= 0.6 is 0 Å². The Morgan fingerprint density at radius 3 is 2.47 bits per heavy atom. The number of aliphatic hydroxyl groups is 1. The lowest BCUT2D eigenvalue weighted by Crippen LogP contribution is -2.63. The van der Waals surface area contributed by atoms with Crippen LogP contribution in [0.25, 0.3) is 11.0 Å². The standard InChI is InChI=1S/C50H59FN8O8S/c1-3-66-48-44(25-39-40(51)28-54-45(39)55-48)67-43-23-33(57-21-19-50(20-22-57)29-58(30-50)41-10-6-9-37(41)36-8-5-4-7-35(36)32-11-12-32)13-14-38(43)47(60)56-68(64,65)34-24-42(59(62)63)46(53-27-34)52-26-31-15-17-49(2,61)18-16-31/h4-5,7-8,13-14,23-25,27-28,31-32,37,41,61H,3,6,9-12,15-22,26,29-30H2,1-2H3,(H,52,53)(H,54,55)(H,56,60)/t31?,37-,41-,49?/m1/s1. The molecule has 68 heavy (non-hydrogen) atoms. The Balaban J connectivity index is 0.869. The smallest absolute Gasteiger partial charge is 0.312 e. The molecule has 10 rings (SSSR count). The quantitative estimate of drug-likeness (QED) is 0.0573. The highest BCUT2D eigenvalue weighted by molar-refractivity contribution is 7.90. The fourth-order valence-electron chi connectivity index (χ4n) is 11.2. The van der Waals surface area contributed by atoms with Gasteiger partial charge in [0.1, 0.15) is 22.1 Å². The molecule has 5 fully saturated rings. The molecule has 2 aromatic carbocycles. The minimum absolute atomic E-state index is 0.00514. The molecule has 0 bridgehead atoms. The maximum atomic E-state index is 14.9. The Kier molecular flexibility index (Phi) is 12.3. The average molecular weight is 951 g/mol. The van der Waals surface area contributed by atoms with Crippen molar-refractivity contribution < 1.29 is 37.1 Å². The van der Waals surface area contributed by atoms with Crippen molar-refractivity contribution >= 4 is 44.2 Å². The van der Waals surface area contributed by atoms with Gasteiger partial charge >= 0.3 is 5.69 Å². The van der Waals surface area contributed by atoms with Gasteiger partial charge in [-0.05, 0) is 124 Å². The molecular weight excluding hydrogens is 892 g/mol. The SMILES string of the molecule is CCOc1nc2[nH]cc(F)c2cc1Oc1cc(N2CCC3(CC2)CN([C@@H]2CCC[C@@H]2c2ccccc2C2CC2)C3)ccc1C(=O)NS(=O)(=O)c1cnc(NCC2CCC(C)(O)CC2)c([N+](=O)[O-])c1. The average Bonchev–Trinajstić information content (AvgIpc) is 3.95. The fourth-order valence-corrected chi connectivity index (χ4v) is 12.1. The van der Waals surface area contributed by atoms with Crippen molar-refractivity contribution in [2.24, 2.45) is 11.3 Å². The van der Waals surface area contributed by atoms with E-state index >= 15 is 0 Å². The number of hydrogen-bond acceptors (Lipinski definition) is 13. The van der Waals surface area contributed by atoms with E-state index < -0.39 is 42.9 Å². The van der Waals surface area contributed by atoms with Crippen LogP contribution < -0.4 is 24.4 Å². The van der Waals surface area contributed by atoms with Crippen LogP contribution in [0.1, 0.15) is 118 Å². The first-order valence-electron chi connectivity index (χ1n) is 24.1. The highest BCUT2D eigenvalue weighted by atomic mass is 32.2. The molecule has 4 N–H and O–H groups in total. The number of pyridine rings is 2. The van der Waals surface area contributed by atoms with Crippen LogP contribution in [0.5, 0.6) is 17.4 Å². The summed E-state index contributed by atoms with van der Waals surface area (Å²) >= 11 is 0. The van der Waals surface area contributed by atoms with Crippen LogP contribution in [0.2, 0.25) is 0 Å². The third-order valence-electron chi connectivity index (χ3n) is 15.2. The van der Waals surface area contributed by atoms with E-state index in [9.17, 15) is 32.8 Å². The number of hydrogen-bond donors (Lipinski definition) is 4. The summed E-state index contributed by atoms with van der Waals surface area (Å²) in [4.78, 5) is 41.2. The summed E-state index contributed by atoms with van der Waals surface area (Å²) < 4.78 is 56.8. The van der Waals surface area contributed by atoms with Crippen molar-refractivity contribution in [2.45, 2.75) is 113 Å². The van der Waals surface area contributed by atoms with Gasteiger partial charge in [-0.1, -0.05) is 30.7 Å². The lowest BCUT2D eigenvalue weighted by atomic mass is 9.70. The number of nitrogens with zero attached hydrogens (tertiary/aromatic N) is 5. The molecule has 0 radical (unpaired) electrons. The molecule has 5 heterocycles. The molecule has 3 saturated carbocycles. The lowest BCUT2D eigenvalue weighted by Gasteiger charge is -2.57. The van der Waals surface area contributed by atoms with E-state index in [2.05, 4.69) is 59.1 Å². The number of sulfonamides is 1. The summed E-state index contributed by atoms with van der Waals surface area (Å²) in [7, 11) is -4.72. The third kappa shape index (κ3) is 9.33. The largest absolute Gasteiger partial charge is 0.475 e. The molecule has 0 unspecified atom stereocenters. The van der Waals surface area contributed by atoms with Crippen LogP contribution in [0.3, 0.4) is 0 Å². The Bertz CT molecular complexity index is 2830. The zero-order chi connectivity index (χ0) is 47.4. The number of fused-ring (bicyclic) bond motifs is 1. The van der Waals surface area contributed by atoms with Gasteiger partial charge in [-0.2, -0.15) is 4.98 Å². The number of benzene rings is 2. The molecule has 5 aliphatic rings. The van der Waals surface area contributed by atoms with Gasteiger partial charge in [-0.3, -0.25) is 19.8 Å². The molecule has 3 aromatic heterocycles. The maximum Gasteiger partial charge on any atom is 0.312 e. The van der Waals surface area contributed by atoms with Gasteiger partial charge in [0, 0.05) is 68.8 Å². The minimum atomic E-state index is -4.72. The van der Waals surface area contributed by atoms with Crippen LogP contribution in [0.4, 0.5) is 21.6 Å². The van der Waals surface area contributed by atoms with E-state index in [-0.39, 0.29) is 57.7 Å². The van der Waals surface area contributed by atoms with E-state index in [1.807, 2.05) is 0 Å². The first-order chi connectivity index (χ1) is 32.7. The number of aromatic nitrogens is 3. The number of nitro groups is 1. The monoisotopic (exact) mass is 950 g/mol. The number of aromatic amines is 1. The van der Waals surface area contributed by atoms with Gasteiger partial charge in [-0.15, -0.1) is 0 Å². The summed E-state index contributed by atoms with van der Waals surface area (Å²) in [5.41, 5.74) is 2.84. The van der Waals surface area contributed by atoms with Crippen molar-refractivity contribution in [1.82, 2.24) is 24.6 Å². The van der Waals surface area contributed by atoms with Gasteiger partial charge in [0.2, 0.25) is 5.82 Å². The number of amides is 1. The number of anilines is 2. The predicted molar refractivity (Wildman–Crippen MR) is 255 cm³/mol. The molecule has 2 atom stereocenters. The van der Waals surface area contributed by atoms with Crippen molar-refractivity contribution in [3.8, 4) is 17.4 Å². The summed E-state index contributed by atoms with van der Waals surface area (Å²) in [6.07, 6.45) is 13.0. The number of carbonyl (C=O) groups is 1. The van der Waals surface area contributed by atoms with E-state index in [0.717, 1.165) is 81.9 Å². The summed E-state index contributed by atoms with van der Waals surface area (Å²) in [5, 5.41) is 25.6. The number of carbonyl (C=O) groups excluding carboxylic acids is 1. The number of rotatable bonds is 15. The summed E-state index contributed by atoms with van der Waals surface area (Å²) in [5.74, 6) is -0.299. The molecule has 3 aliphatic carbocycles. The number of ether oxygens (including phenoxy) is 2. The molecule has 2 saturated heterocycles. The number of H-pyrrole nitrogens is 1. The van der Waals surface area contributed by atoms with Crippen LogP contribution in [-0.2, 0) is 10.0 Å². The first-order valence-corrected chi connectivity index (χ1v) is 25.5. The molecule has 2 aliphatic heterocycles. The Hall–Kier alpha value is -5.85. The number of halogens is 1. The van der Waals surface area contributed by atoms with Crippen molar-refractivity contribution in [3.63, 3.8) is 0 Å². The van der Waals surface area contributed by atoms with E-state index in [4.69, 9.17) is 9.47 Å². The van der Waals surface area contributed by atoms with E-state index in [1.54, 1.807) is 37.1 Å². The minimum Gasteiger partial charge on any atom is -0.475 e. The van der Waals surface area contributed by atoms with Crippen LogP contribution in [-0.4, -0.2) is 95.2 Å². The third-order valence-corrected chi connectivity index (χ3v) is 16.5. The summed E-state index contributed by atoms with van der Waals surface area (Å²) in [6, 6.07) is 16.8. The maximum absolute atomic E-state index is 14.9. The fraction of sp³-hybridized carbons (Fsp3) is 0.500. The van der Waals surface area contributed by atoms with Crippen LogP contribution in [0.15, 0.2) is 71.9 Å². The van der Waals surface area contributed by atoms with Gasteiger partial charge < -0.3 is 29.8 Å². The molecule has 360 valence electrons. The molecule has 16 nitrogen and oxygen atoms in total. The Labute approximate surface area is 395 Å². The Morgan fingerprint density at radius 1 is 1.00 bits per heavy atom. The molecule has 1 spiro atoms. The predicted octanol–water partition coefficient (Wildman–Crippen LogP) is 8.78. The van der Waals surface area contributed by atoms with Crippen molar-refractivity contribution in [3.05, 3.63) is 99.6 Å². The Morgan fingerprint density at radius 2 is 1.75 bits per heavy atom. The van der Waals surface area contributed by atoms with Gasteiger partial charge in [0.25, 0.3) is 21.8 Å². The van der Waals surface area contributed by atoms with Gasteiger partial charge in [0.05, 0.1) is 34.3 Å². The van der Waals surface area contributed by atoms with E-state index in [1.165, 1.54) is 44.2 Å². The van der Waals surface area contributed by atoms with Crippen molar-refractivity contribution in [2.75, 3.05) is 49.5 Å². The van der Waals surface area contributed by atoms with Crippen LogP contribution in [0, 0.1) is 27.3 Å². The molecule has 5 aromatic rings. The number of nitrogens with one attached hydrogen (secondary N) is 3. The highest BCUT2D eigenvalue weighted by Gasteiger charge is 2.50. The second-order valence-electron chi connectivity index (χ2n) is 20.0. The van der Waals surface area contributed by atoms with E-state index in [0.29, 0.717) is 31.3 Å². The summed E-state index contributed by atoms with van der Waals surface area (Å²) in [6.45, 7) is 7.76. The van der Waals surface area contributed by atoms with Crippen molar-refractivity contribution in [1.29, 1.82) is 0 Å². The zero-order valence-electron chi connectivity index (χ0n) is 38.5. The lowest BCUT2D eigenvalue weighted by molar-refractivity contribution is -0.384. The molecule has 18 heteroatoms. The zero-order valence-corrected chi connectivity index (χ0v) is 39.3. The first kappa shape index (κ1) is 45.9. The van der Waals surface area contributed by atoms with Gasteiger partial charge in [0.15, 0.2) is 5.75 Å². The molecule has 1 amide bonds. The normalized spacial score (nSPS) is 23.9. The highest BCUT2D eigenvalue weighted by Crippen LogP contribution is 2.51. The number of likely N-dealkylation sites (tertiary alicyclic amines) is 1. The van der Waals surface area contributed by atoms with Gasteiger partial charge in [-0.25, -0.2) is 22.5 Å². The topological polar surface area (TPSA) is 205 Å². The second-order valence-corrected chi connectivity index (χ2v) is 21.7.